The Morgan fingerprint density at radius 1 is 1.03 bits per heavy atom. The number of nitrogens with zero attached hydrogens (tertiary/aromatic N) is 4. The Hall–Kier alpha value is -1.85. The van der Waals surface area contributed by atoms with Crippen LogP contribution in [0.4, 0.5) is 0 Å². The highest BCUT2D eigenvalue weighted by Crippen LogP contribution is 2.32. The molecule has 1 atom stereocenters. The van der Waals surface area contributed by atoms with Crippen molar-refractivity contribution in [3.8, 4) is 0 Å². The minimum atomic E-state index is 0.0653. The van der Waals surface area contributed by atoms with E-state index in [0.717, 1.165) is 42.7 Å². The molecule has 5 rings (SSSR count). The molecular weight excluding hydrogens is 427 g/mol. The maximum absolute atomic E-state index is 6.48. The average molecular weight is 454 g/mol. The Balaban J connectivity index is 1.41. The maximum atomic E-state index is 6.48. The van der Waals surface area contributed by atoms with Gasteiger partial charge in [0.1, 0.15) is 0 Å². The van der Waals surface area contributed by atoms with Gasteiger partial charge in [0, 0.05) is 36.2 Å². The molecule has 31 heavy (non-hydrogen) atoms. The maximum Gasteiger partial charge on any atom is 0.0964 e. The van der Waals surface area contributed by atoms with Crippen molar-refractivity contribution in [2.24, 2.45) is 0 Å². The van der Waals surface area contributed by atoms with E-state index in [9.17, 15) is 0 Å². The molecule has 0 N–H and O–H groups in total. The lowest BCUT2D eigenvalue weighted by molar-refractivity contribution is -0.00171. The van der Waals surface area contributed by atoms with Crippen LogP contribution in [-0.2, 0) is 0 Å². The zero-order valence-electron chi connectivity index (χ0n) is 17.8. The van der Waals surface area contributed by atoms with Crippen LogP contribution in [0.2, 0.25) is 10.0 Å². The second-order valence-corrected chi connectivity index (χ2v) is 9.27. The third-order valence-electron chi connectivity index (χ3n) is 6.51. The summed E-state index contributed by atoms with van der Waals surface area (Å²) in [4.78, 5) is 4.63. The number of halogens is 2. The lowest BCUT2D eigenvalue weighted by Crippen LogP contribution is -2.45. The first-order valence-electron chi connectivity index (χ1n) is 11.1. The van der Waals surface area contributed by atoms with Crippen LogP contribution in [0.25, 0.3) is 16.6 Å². The molecule has 0 saturated carbocycles. The topological polar surface area (TPSA) is 24.3 Å². The van der Waals surface area contributed by atoms with E-state index in [1.807, 2.05) is 18.5 Å². The molecular formula is C25H27Cl2N4. The van der Waals surface area contributed by atoms with E-state index in [0.29, 0.717) is 10.0 Å². The Kier molecular flexibility index (Phi) is 6.07. The van der Waals surface area contributed by atoms with E-state index in [-0.39, 0.29) is 6.04 Å². The van der Waals surface area contributed by atoms with Gasteiger partial charge in [-0.15, -0.1) is 0 Å². The highest BCUT2D eigenvalue weighted by Gasteiger charge is 2.22. The Morgan fingerprint density at radius 3 is 2.68 bits per heavy atom. The summed E-state index contributed by atoms with van der Waals surface area (Å²) in [6.45, 7) is 7.70. The van der Waals surface area contributed by atoms with Crippen molar-refractivity contribution in [3.63, 3.8) is 0 Å². The van der Waals surface area contributed by atoms with Crippen LogP contribution in [0.1, 0.15) is 49.8 Å². The fourth-order valence-electron chi connectivity index (χ4n) is 4.69. The molecule has 6 heteroatoms. The molecule has 0 spiro atoms. The molecule has 4 nitrogen and oxygen atoms in total. The van der Waals surface area contributed by atoms with Gasteiger partial charge >= 0.3 is 0 Å². The molecule has 3 heterocycles. The van der Waals surface area contributed by atoms with Gasteiger partial charge in [-0.25, -0.2) is 15.0 Å². The first-order valence-corrected chi connectivity index (χ1v) is 11.8. The van der Waals surface area contributed by atoms with Crippen molar-refractivity contribution in [2.45, 2.75) is 38.6 Å². The molecule has 1 aromatic heterocycles. The Morgan fingerprint density at radius 2 is 1.94 bits per heavy atom. The van der Waals surface area contributed by atoms with Gasteiger partial charge < -0.3 is 4.57 Å². The zero-order valence-corrected chi connectivity index (χ0v) is 19.3. The summed E-state index contributed by atoms with van der Waals surface area (Å²) in [7, 11) is 0. The van der Waals surface area contributed by atoms with Gasteiger partial charge in [-0.2, -0.15) is 0 Å². The summed E-state index contributed by atoms with van der Waals surface area (Å²) in [5.74, 6) is 0. The molecule has 0 bridgehead atoms. The Bertz CT molecular complexity index is 1110. The van der Waals surface area contributed by atoms with Crippen LogP contribution in [0, 0.1) is 6.54 Å². The van der Waals surface area contributed by atoms with Gasteiger partial charge in [-0.1, -0.05) is 47.8 Å². The normalized spacial score (nSPS) is 19.5. The van der Waals surface area contributed by atoms with E-state index < -0.39 is 0 Å². The number of hydrogen-bond donors (Lipinski definition) is 0. The number of imidazole rings is 1. The highest BCUT2D eigenvalue weighted by molar-refractivity contribution is 6.35. The lowest BCUT2D eigenvalue weighted by atomic mass is 9.99. The van der Waals surface area contributed by atoms with Crippen molar-refractivity contribution < 1.29 is 0 Å². The minimum Gasteiger partial charge on any atom is -0.323 e. The van der Waals surface area contributed by atoms with Crippen molar-refractivity contribution in [2.75, 3.05) is 19.6 Å². The van der Waals surface area contributed by atoms with Gasteiger partial charge in [-0.3, -0.25) is 0 Å². The summed E-state index contributed by atoms with van der Waals surface area (Å²) in [6.07, 6.45) is 9.16. The number of piperidine rings is 1. The molecule has 0 amide bonds. The molecule has 0 aliphatic carbocycles. The average Bonchev–Trinajstić information content (AvgIpc) is 3.23. The summed E-state index contributed by atoms with van der Waals surface area (Å²) >= 11 is 12.6. The standard InChI is InChI=1S/C25H27Cl2N4/c1-18(22-7-6-21(26)16-23(22)27)31-17-28-24-8-5-20(15-25(24)31)19-9-13-30(14-10-19)29-11-3-2-4-12-29/h5-9,11,15-18H,2-4,10,12-14H2,1H3/t18-/m1/s1. The van der Waals surface area contributed by atoms with Gasteiger partial charge in [0.05, 0.1) is 23.4 Å². The second-order valence-electron chi connectivity index (χ2n) is 8.43. The van der Waals surface area contributed by atoms with E-state index in [2.05, 4.69) is 57.3 Å². The summed E-state index contributed by atoms with van der Waals surface area (Å²) < 4.78 is 2.20. The molecule has 1 fully saturated rings. The molecule has 161 valence electrons. The van der Waals surface area contributed by atoms with Crippen LogP contribution in [0.3, 0.4) is 0 Å². The van der Waals surface area contributed by atoms with Crippen molar-refractivity contribution in [1.82, 2.24) is 19.6 Å². The predicted octanol–water partition coefficient (Wildman–Crippen LogP) is 6.60. The van der Waals surface area contributed by atoms with Crippen molar-refractivity contribution in [1.29, 1.82) is 0 Å². The smallest absolute Gasteiger partial charge is 0.0964 e. The lowest BCUT2D eigenvalue weighted by Gasteiger charge is -2.38. The molecule has 2 aromatic carbocycles. The summed E-state index contributed by atoms with van der Waals surface area (Å²) in [6, 6.07) is 12.4. The van der Waals surface area contributed by atoms with Crippen LogP contribution < -0.4 is 0 Å². The van der Waals surface area contributed by atoms with E-state index in [1.54, 1.807) is 6.07 Å². The van der Waals surface area contributed by atoms with Gasteiger partial charge in [0.2, 0.25) is 0 Å². The van der Waals surface area contributed by atoms with Gasteiger partial charge in [-0.05, 0) is 67.2 Å². The summed E-state index contributed by atoms with van der Waals surface area (Å²) in [5.41, 5.74) is 5.87. The third kappa shape index (κ3) is 4.27. The largest absolute Gasteiger partial charge is 0.323 e. The van der Waals surface area contributed by atoms with Crippen LogP contribution in [0.5, 0.6) is 0 Å². The Labute approximate surface area is 194 Å². The zero-order chi connectivity index (χ0) is 21.4. The van der Waals surface area contributed by atoms with E-state index in [4.69, 9.17) is 23.2 Å². The van der Waals surface area contributed by atoms with Crippen molar-refractivity contribution >= 4 is 39.8 Å². The molecule has 2 aliphatic heterocycles. The first kappa shape index (κ1) is 21.0. The quantitative estimate of drug-likeness (QED) is 0.444. The molecule has 2 aliphatic rings. The number of hydrogen-bond acceptors (Lipinski definition) is 3. The monoisotopic (exact) mass is 453 g/mol. The number of benzene rings is 2. The second kappa shape index (κ2) is 8.95. The SMILES string of the molecule is C[C@H](c1ccc(Cl)cc1Cl)n1cnc2ccc(C3=CCN(N4[CH]CCCC4)CC3)cc21. The molecule has 0 unspecified atom stereocenters. The third-order valence-corrected chi connectivity index (χ3v) is 7.07. The van der Waals surface area contributed by atoms with Gasteiger partial charge in [0.25, 0.3) is 0 Å². The van der Waals surface area contributed by atoms with Crippen LogP contribution in [-0.4, -0.2) is 39.2 Å². The van der Waals surface area contributed by atoms with Crippen molar-refractivity contribution in [3.05, 3.63) is 76.5 Å². The number of rotatable bonds is 4. The minimum absolute atomic E-state index is 0.0653. The summed E-state index contributed by atoms with van der Waals surface area (Å²) in [5, 5.41) is 6.23. The molecule has 3 aromatic rings. The fraction of sp³-hybridized carbons (Fsp3) is 0.360. The van der Waals surface area contributed by atoms with Gasteiger partial charge in [0.15, 0.2) is 0 Å². The van der Waals surface area contributed by atoms with E-state index in [1.165, 1.54) is 30.4 Å². The fourth-order valence-corrected chi connectivity index (χ4v) is 5.25. The number of aromatic nitrogens is 2. The molecule has 1 radical (unpaired) electrons. The first-order chi connectivity index (χ1) is 15.1. The molecule has 1 saturated heterocycles. The van der Waals surface area contributed by atoms with Crippen LogP contribution in [0.15, 0.2) is 48.8 Å². The predicted molar refractivity (Wildman–Crippen MR) is 129 cm³/mol. The highest BCUT2D eigenvalue weighted by atomic mass is 35.5. The number of hydrazine groups is 1. The van der Waals surface area contributed by atoms with E-state index >= 15 is 0 Å². The number of fused-ring (bicyclic) bond motifs is 1. The van der Waals surface area contributed by atoms with Crippen LogP contribution >= 0.6 is 23.2 Å².